The highest BCUT2D eigenvalue weighted by Gasteiger charge is 2.10. The summed E-state index contributed by atoms with van der Waals surface area (Å²) >= 11 is 5.99. The van der Waals surface area contributed by atoms with Crippen LogP contribution in [0.1, 0.15) is 26.3 Å². The van der Waals surface area contributed by atoms with Crippen molar-refractivity contribution in [1.29, 1.82) is 0 Å². The number of nitrogens with zero attached hydrogens (tertiary/aromatic N) is 4. The zero-order chi connectivity index (χ0) is 15.2. The second kappa shape index (κ2) is 7.22. The van der Waals surface area contributed by atoms with Gasteiger partial charge in [-0.3, -0.25) is 0 Å². The van der Waals surface area contributed by atoms with Crippen molar-refractivity contribution in [1.82, 2.24) is 15.0 Å². The molecule has 1 aromatic heterocycles. The number of halogens is 1. The molecule has 1 N–H and O–H groups in total. The first kappa shape index (κ1) is 15.5. The van der Waals surface area contributed by atoms with Crippen LogP contribution in [0.4, 0.5) is 17.6 Å². The van der Waals surface area contributed by atoms with Crippen LogP contribution in [0.25, 0.3) is 0 Å². The van der Waals surface area contributed by atoms with Crippen LogP contribution in [-0.2, 0) is 6.42 Å². The molecule has 0 radical (unpaired) electrons. The van der Waals surface area contributed by atoms with E-state index in [0.717, 1.165) is 25.2 Å². The average Bonchev–Trinajstić information content (AvgIpc) is 2.49. The van der Waals surface area contributed by atoms with Crippen molar-refractivity contribution in [2.75, 3.05) is 23.3 Å². The molecule has 0 saturated carbocycles. The maximum absolute atomic E-state index is 5.99. The molecule has 112 valence electrons. The second-order valence-corrected chi connectivity index (χ2v) is 4.91. The van der Waals surface area contributed by atoms with Crippen molar-refractivity contribution in [3.8, 4) is 0 Å². The Balaban J connectivity index is 2.22. The monoisotopic (exact) mass is 305 g/mol. The van der Waals surface area contributed by atoms with Crippen molar-refractivity contribution < 1.29 is 0 Å². The van der Waals surface area contributed by atoms with Gasteiger partial charge in [0.05, 0.1) is 0 Å². The number of aromatic nitrogens is 3. The van der Waals surface area contributed by atoms with Gasteiger partial charge in [0.2, 0.25) is 17.2 Å². The first-order chi connectivity index (χ1) is 10.2. The molecule has 0 atom stereocenters. The SMILES string of the molecule is CCc1ccc(Nc2nc(Cl)nc(N(CC)CC)n2)cc1. The Labute approximate surface area is 130 Å². The molecule has 21 heavy (non-hydrogen) atoms. The number of hydrogen-bond donors (Lipinski definition) is 1. The van der Waals surface area contributed by atoms with E-state index in [1.54, 1.807) is 0 Å². The van der Waals surface area contributed by atoms with Gasteiger partial charge in [-0.05, 0) is 49.6 Å². The first-order valence-corrected chi connectivity index (χ1v) is 7.56. The molecule has 0 spiro atoms. The number of hydrogen-bond acceptors (Lipinski definition) is 5. The fraction of sp³-hybridized carbons (Fsp3) is 0.400. The van der Waals surface area contributed by atoms with E-state index in [-0.39, 0.29) is 5.28 Å². The largest absolute Gasteiger partial charge is 0.341 e. The van der Waals surface area contributed by atoms with Crippen molar-refractivity contribution >= 4 is 29.2 Å². The maximum atomic E-state index is 5.99. The van der Waals surface area contributed by atoms with Crippen LogP contribution in [0.5, 0.6) is 0 Å². The van der Waals surface area contributed by atoms with E-state index in [4.69, 9.17) is 11.6 Å². The van der Waals surface area contributed by atoms with Crippen molar-refractivity contribution in [2.45, 2.75) is 27.2 Å². The Kier molecular flexibility index (Phi) is 5.33. The van der Waals surface area contributed by atoms with Gasteiger partial charge in [-0.25, -0.2) is 0 Å². The molecule has 5 nitrogen and oxygen atoms in total. The minimum absolute atomic E-state index is 0.194. The van der Waals surface area contributed by atoms with Gasteiger partial charge in [-0.15, -0.1) is 0 Å². The molecule has 0 aliphatic heterocycles. The Morgan fingerprint density at radius 2 is 1.67 bits per heavy atom. The predicted molar refractivity (Wildman–Crippen MR) is 87.5 cm³/mol. The lowest BCUT2D eigenvalue weighted by molar-refractivity contribution is 0.814. The first-order valence-electron chi connectivity index (χ1n) is 7.18. The number of benzene rings is 1. The fourth-order valence-corrected chi connectivity index (χ4v) is 2.15. The van der Waals surface area contributed by atoms with Crippen LogP contribution < -0.4 is 10.2 Å². The molecule has 6 heteroatoms. The zero-order valence-corrected chi connectivity index (χ0v) is 13.4. The normalized spacial score (nSPS) is 10.5. The summed E-state index contributed by atoms with van der Waals surface area (Å²) in [7, 11) is 0. The van der Waals surface area contributed by atoms with Gasteiger partial charge in [-0.1, -0.05) is 19.1 Å². The van der Waals surface area contributed by atoms with Gasteiger partial charge in [0.1, 0.15) is 0 Å². The summed E-state index contributed by atoms with van der Waals surface area (Å²) in [6.07, 6.45) is 1.02. The highest BCUT2D eigenvalue weighted by Crippen LogP contribution is 2.18. The molecule has 2 rings (SSSR count). The molecule has 0 aliphatic carbocycles. The quantitative estimate of drug-likeness (QED) is 0.882. The average molecular weight is 306 g/mol. The summed E-state index contributed by atoms with van der Waals surface area (Å²) in [6, 6.07) is 8.17. The summed E-state index contributed by atoms with van der Waals surface area (Å²) < 4.78 is 0. The molecule has 0 unspecified atom stereocenters. The van der Waals surface area contributed by atoms with Crippen LogP contribution in [0.15, 0.2) is 24.3 Å². The molecular formula is C15H20ClN5. The third-order valence-electron chi connectivity index (χ3n) is 3.26. The van der Waals surface area contributed by atoms with Gasteiger partial charge in [-0.2, -0.15) is 15.0 Å². The number of aryl methyl sites for hydroxylation is 1. The van der Waals surface area contributed by atoms with Gasteiger partial charge in [0.15, 0.2) is 0 Å². The van der Waals surface area contributed by atoms with Gasteiger partial charge < -0.3 is 10.2 Å². The Hall–Kier alpha value is -1.88. The minimum Gasteiger partial charge on any atom is -0.341 e. The molecule has 0 saturated heterocycles. The molecule has 0 aliphatic rings. The molecule has 1 aromatic carbocycles. The smallest absolute Gasteiger partial charge is 0.233 e. The predicted octanol–water partition coefficient (Wildman–Crippen LogP) is 3.68. The highest BCUT2D eigenvalue weighted by atomic mass is 35.5. The molecule has 2 aromatic rings. The standard InChI is InChI=1S/C15H20ClN5/c1-4-11-7-9-12(10-8-11)17-14-18-13(16)19-15(20-14)21(5-2)6-3/h7-10H,4-6H2,1-3H3,(H,17,18,19,20). The van der Waals surface area contributed by atoms with E-state index in [1.165, 1.54) is 5.56 Å². The van der Waals surface area contributed by atoms with Gasteiger partial charge in [0.25, 0.3) is 0 Å². The van der Waals surface area contributed by atoms with Crippen LogP contribution in [0.2, 0.25) is 5.28 Å². The molecule has 0 amide bonds. The van der Waals surface area contributed by atoms with Gasteiger partial charge in [0, 0.05) is 18.8 Å². The van der Waals surface area contributed by atoms with E-state index >= 15 is 0 Å². The number of anilines is 3. The Morgan fingerprint density at radius 1 is 1.00 bits per heavy atom. The van der Waals surface area contributed by atoms with Crippen molar-refractivity contribution in [2.24, 2.45) is 0 Å². The maximum Gasteiger partial charge on any atom is 0.233 e. The molecule has 1 heterocycles. The summed E-state index contributed by atoms with van der Waals surface area (Å²) in [5, 5.41) is 3.36. The summed E-state index contributed by atoms with van der Waals surface area (Å²) in [5.74, 6) is 1.05. The number of nitrogens with one attached hydrogen (secondary N) is 1. The number of rotatable bonds is 6. The Bertz CT molecular complexity index is 581. The van der Waals surface area contributed by atoms with Crippen LogP contribution in [0.3, 0.4) is 0 Å². The summed E-state index contributed by atoms with van der Waals surface area (Å²) in [5.41, 5.74) is 2.22. The van der Waals surface area contributed by atoms with Gasteiger partial charge >= 0.3 is 0 Å². The van der Waals surface area contributed by atoms with E-state index in [9.17, 15) is 0 Å². The Morgan fingerprint density at radius 3 is 2.24 bits per heavy atom. The van der Waals surface area contributed by atoms with E-state index < -0.39 is 0 Å². The molecular weight excluding hydrogens is 286 g/mol. The lowest BCUT2D eigenvalue weighted by atomic mass is 10.1. The van der Waals surface area contributed by atoms with Crippen LogP contribution in [0, 0.1) is 0 Å². The molecule has 0 bridgehead atoms. The van der Waals surface area contributed by atoms with E-state index in [0.29, 0.717) is 11.9 Å². The van der Waals surface area contributed by atoms with Crippen LogP contribution in [-0.4, -0.2) is 28.0 Å². The van der Waals surface area contributed by atoms with Crippen molar-refractivity contribution in [3.63, 3.8) is 0 Å². The third kappa shape index (κ3) is 4.04. The third-order valence-corrected chi connectivity index (χ3v) is 3.43. The summed E-state index contributed by atoms with van der Waals surface area (Å²) in [4.78, 5) is 14.8. The zero-order valence-electron chi connectivity index (χ0n) is 12.6. The van der Waals surface area contributed by atoms with E-state index in [2.05, 4.69) is 53.2 Å². The lowest BCUT2D eigenvalue weighted by Gasteiger charge is -2.18. The summed E-state index contributed by atoms with van der Waals surface area (Å²) in [6.45, 7) is 7.88. The second-order valence-electron chi connectivity index (χ2n) is 4.58. The minimum atomic E-state index is 0.194. The highest BCUT2D eigenvalue weighted by molar-refractivity contribution is 6.28. The molecule has 0 fully saturated rings. The van der Waals surface area contributed by atoms with E-state index in [1.807, 2.05) is 17.0 Å². The lowest BCUT2D eigenvalue weighted by Crippen LogP contribution is -2.24. The van der Waals surface area contributed by atoms with Crippen molar-refractivity contribution in [3.05, 3.63) is 35.1 Å². The fourth-order valence-electron chi connectivity index (χ4n) is 2.00. The van der Waals surface area contributed by atoms with Crippen LogP contribution >= 0.6 is 11.6 Å². The topological polar surface area (TPSA) is 53.9 Å².